The van der Waals surface area contributed by atoms with Crippen LogP contribution >= 0.6 is 35.3 Å². The molecule has 126 valence electrons. The number of halogens is 1. The summed E-state index contributed by atoms with van der Waals surface area (Å²) in [5.74, 6) is 0.788. The topological polar surface area (TPSA) is 56.7 Å². The van der Waals surface area contributed by atoms with E-state index in [4.69, 9.17) is 0 Å². The Bertz CT molecular complexity index is 602. The van der Waals surface area contributed by atoms with Crippen LogP contribution < -0.4 is 10.6 Å². The standard InChI is InChI=1S/C17H23N3OS.HI/c1-3-18-17(20-13(2)16-9-6-10-22-16)19-11-14-7-4-5-8-15(14)12-21;/h4-10,13,21H,3,11-12H2,1-2H3,(H2,18,19,20);1H. The second-order valence-corrected chi connectivity index (χ2v) is 5.98. The molecule has 2 aromatic rings. The number of hydrogen-bond acceptors (Lipinski definition) is 3. The van der Waals surface area contributed by atoms with Crippen LogP contribution in [-0.2, 0) is 13.2 Å². The molecular formula is C17H24IN3OS. The fourth-order valence-electron chi connectivity index (χ4n) is 2.16. The molecule has 2 rings (SSSR count). The van der Waals surface area contributed by atoms with Crippen molar-refractivity contribution in [1.82, 2.24) is 10.6 Å². The van der Waals surface area contributed by atoms with Gasteiger partial charge in [0.2, 0.25) is 0 Å². The average Bonchev–Trinajstić information content (AvgIpc) is 3.07. The van der Waals surface area contributed by atoms with Crippen LogP contribution in [0.1, 0.15) is 35.9 Å². The van der Waals surface area contributed by atoms with Crippen LogP contribution in [0.15, 0.2) is 46.8 Å². The quantitative estimate of drug-likeness (QED) is 0.361. The van der Waals surface area contributed by atoms with Gasteiger partial charge in [-0.2, -0.15) is 0 Å². The minimum atomic E-state index is 0. The molecule has 0 amide bonds. The maximum Gasteiger partial charge on any atom is 0.192 e. The minimum absolute atomic E-state index is 0. The van der Waals surface area contributed by atoms with Crippen molar-refractivity contribution >= 4 is 41.3 Å². The van der Waals surface area contributed by atoms with Gasteiger partial charge >= 0.3 is 0 Å². The lowest BCUT2D eigenvalue weighted by atomic mass is 10.1. The maximum atomic E-state index is 9.38. The summed E-state index contributed by atoms with van der Waals surface area (Å²) in [6, 6.07) is 12.2. The molecule has 1 aromatic carbocycles. The molecule has 23 heavy (non-hydrogen) atoms. The van der Waals surface area contributed by atoms with Gasteiger partial charge in [-0.15, -0.1) is 35.3 Å². The van der Waals surface area contributed by atoms with Gasteiger partial charge in [-0.25, -0.2) is 4.99 Å². The Kier molecular flexibility index (Phi) is 9.20. The highest BCUT2D eigenvalue weighted by Gasteiger charge is 2.08. The number of aliphatic imine (C=N–C) groups is 1. The number of guanidine groups is 1. The Hall–Kier alpha value is -1.12. The lowest BCUT2D eigenvalue weighted by Crippen LogP contribution is -2.38. The second kappa shape index (κ2) is 10.6. The highest BCUT2D eigenvalue weighted by molar-refractivity contribution is 14.0. The molecule has 6 heteroatoms. The van der Waals surface area contributed by atoms with Crippen molar-refractivity contribution in [3.05, 3.63) is 57.8 Å². The van der Waals surface area contributed by atoms with E-state index in [0.29, 0.717) is 6.54 Å². The van der Waals surface area contributed by atoms with Gasteiger partial charge in [0.05, 0.1) is 19.2 Å². The van der Waals surface area contributed by atoms with Crippen molar-refractivity contribution in [2.24, 2.45) is 4.99 Å². The molecule has 1 atom stereocenters. The predicted molar refractivity (Wildman–Crippen MR) is 108 cm³/mol. The summed E-state index contributed by atoms with van der Waals surface area (Å²) >= 11 is 1.73. The van der Waals surface area contributed by atoms with Crippen LogP contribution in [0, 0.1) is 0 Å². The van der Waals surface area contributed by atoms with Crippen molar-refractivity contribution < 1.29 is 5.11 Å². The summed E-state index contributed by atoms with van der Waals surface area (Å²) in [7, 11) is 0. The van der Waals surface area contributed by atoms with E-state index in [1.807, 2.05) is 24.3 Å². The zero-order valence-electron chi connectivity index (χ0n) is 13.5. The zero-order valence-corrected chi connectivity index (χ0v) is 16.6. The molecule has 0 bridgehead atoms. The third-order valence-electron chi connectivity index (χ3n) is 3.36. The third kappa shape index (κ3) is 6.12. The van der Waals surface area contributed by atoms with E-state index in [2.05, 4.69) is 47.0 Å². The third-order valence-corrected chi connectivity index (χ3v) is 4.42. The molecule has 0 aliphatic rings. The van der Waals surface area contributed by atoms with Crippen molar-refractivity contribution in [1.29, 1.82) is 0 Å². The Morgan fingerprint density at radius 2 is 1.96 bits per heavy atom. The van der Waals surface area contributed by atoms with Gasteiger partial charge in [0.25, 0.3) is 0 Å². The largest absolute Gasteiger partial charge is 0.392 e. The van der Waals surface area contributed by atoms with E-state index in [0.717, 1.165) is 23.6 Å². The van der Waals surface area contributed by atoms with E-state index < -0.39 is 0 Å². The summed E-state index contributed by atoms with van der Waals surface area (Å²) in [6.07, 6.45) is 0. The number of benzene rings is 1. The fourth-order valence-corrected chi connectivity index (χ4v) is 2.90. The van der Waals surface area contributed by atoms with Gasteiger partial charge in [-0.1, -0.05) is 30.3 Å². The van der Waals surface area contributed by atoms with E-state index in [-0.39, 0.29) is 36.6 Å². The van der Waals surface area contributed by atoms with Crippen LogP contribution in [0.5, 0.6) is 0 Å². The molecule has 1 unspecified atom stereocenters. The first-order valence-corrected chi connectivity index (χ1v) is 8.38. The maximum absolute atomic E-state index is 9.38. The van der Waals surface area contributed by atoms with E-state index in [1.165, 1.54) is 4.88 Å². The van der Waals surface area contributed by atoms with Crippen molar-refractivity contribution in [2.45, 2.75) is 33.0 Å². The number of aliphatic hydroxyl groups excluding tert-OH is 1. The first kappa shape index (κ1) is 19.9. The molecule has 0 aliphatic carbocycles. The molecule has 0 spiro atoms. The van der Waals surface area contributed by atoms with Crippen LogP contribution in [-0.4, -0.2) is 17.6 Å². The molecular weight excluding hydrogens is 421 g/mol. The predicted octanol–water partition coefficient (Wildman–Crippen LogP) is 3.67. The van der Waals surface area contributed by atoms with Gasteiger partial charge in [-0.05, 0) is 36.4 Å². The number of hydrogen-bond donors (Lipinski definition) is 3. The highest BCUT2D eigenvalue weighted by atomic mass is 127. The zero-order chi connectivity index (χ0) is 15.8. The summed E-state index contributed by atoms with van der Waals surface area (Å²) in [5.41, 5.74) is 1.97. The monoisotopic (exact) mass is 445 g/mol. The molecule has 0 radical (unpaired) electrons. The smallest absolute Gasteiger partial charge is 0.192 e. The van der Waals surface area contributed by atoms with Gasteiger partial charge < -0.3 is 15.7 Å². The molecule has 0 fully saturated rings. The molecule has 1 aromatic heterocycles. The lowest BCUT2D eigenvalue weighted by Gasteiger charge is -2.17. The summed E-state index contributed by atoms with van der Waals surface area (Å²) in [4.78, 5) is 5.91. The number of nitrogens with one attached hydrogen (secondary N) is 2. The molecule has 4 nitrogen and oxygen atoms in total. The van der Waals surface area contributed by atoms with Gasteiger partial charge in [-0.3, -0.25) is 0 Å². The number of rotatable bonds is 6. The molecule has 0 saturated carbocycles. The van der Waals surface area contributed by atoms with Gasteiger partial charge in [0.15, 0.2) is 5.96 Å². The number of thiophene rings is 1. The highest BCUT2D eigenvalue weighted by Crippen LogP contribution is 2.18. The van der Waals surface area contributed by atoms with E-state index >= 15 is 0 Å². The van der Waals surface area contributed by atoms with Gasteiger partial charge in [0.1, 0.15) is 0 Å². The first-order valence-electron chi connectivity index (χ1n) is 7.50. The molecule has 1 heterocycles. The minimum Gasteiger partial charge on any atom is -0.392 e. The van der Waals surface area contributed by atoms with E-state index in [9.17, 15) is 5.11 Å². The van der Waals surface area contributed by atoms with Crippen molar-refractivity contribution in [3.63, 3.8) is 0 Å². The SMILES string of the molecule is CCNC(=NCc1ccccc1CO)NC(C)c1cccs1.I. The lowest BCUT2D eigenvalue weighted by molar-refractivity contribution is 0.280. The first-order chi connectivity index (χ1) is 10.7. The van der Waals surface area contributed by atoms with E-state index in [1.54, 1.807) is 11.3 Å². The fraction of sp³-hybridized carbons (Fsp3) is 0.353. The number of aliphatic hydroxyl groups is 1. The normalized spacial score (nSPS) is 12.4. The van der Waals surface area contributed by atoms with Crippen molar-refractivity contribution in [2.75, 3.05) is 6.54 Å². The van der Waals surface area contributed by atoms with Crippen LogP contribution in [0.25, 0.3) is 0 Å². The summed E-state index contributed by atoms with van der Waals surface area (Å²) in [5, 5.41) is 18.1. The van der Waals surface area contributed by atoms with Crippen LogP contribution in [0.2, 0.25) is 0 Å². The summed E-state index contributed by atoms with van der Waals surface area (Å²) in [6.45, 7) is 5.57. The van der Waals surface area contributed by atoms with Crippen molar-refractivity contribution in [3.8, 4) is 0 Å². The van der Waals surface area contributed by atoms with Crippen LogP contribution in [0.4, 0.5) is 0 Å². The molecule has 0 aliphatic heterocycles. The Morgan fingerprint density at radius 3 is 2.57 bits per heavy atom. The van der Waals surface area contributed by atoms with Crippen LogP contribution in [0.3, 0.4) is 0 Å². The summed E-state index contributed by atoms with van der Waals surface area (Å²) < 4.78 is 0. The molecule has 0 saturated heterocycles. The molecule has 3 N–H and O–H groups in total. The Labute approximate surface area is 159 Å². The number of nitrogens with zero attached hydrogens (tertiary/aromatic N) is 1. The Morgan fingerprint density at radius 1 is 1.22 bits per heavy atom. The second-order valence-electron chi connectivity index (χ2n) is 5.00. The van der Waals surface area contributed by atoms with Gasteiger partial charge in [0, 0.05) is 11.4 Å². The average molecular weight is 445 g/mol. The Balaban J connectivity index is 0.00000264.